The molecule has 2 aromatic carbocycles. The van der Waals surface area contributed by atoms with Crippen molar-refractivity contribution in [3.8, 4) is 11.3 Å². The number of halogens is 1. The molecule has 2 aromatic heterocycles. The van der Waals surface area contributed by atoms with Crippen molar-refractivity contribution in [3.63, 3.8) is 0 Å². The van der Waals surface area contributed by atoms with Crippen molar-refractivity contribution in [1.29, 1.82) is 0 Å². The van der Waals surface area contributed by atoms with Crippen LogP contribution in [0, 0.1) is 12.7 Å². The van der Waals surface area contributed by atoms with Gasteiger partial charge in [0.05, 0.1) is 5.69 Å². The maximum absolute atomic E-state index is 13.2. The normalized spacial score (nSPS) is 11.1. The predicted molar refractivity (Wildman–Crippen MR) is 95.4 cm³/mol. The lowest BCUT2D eigenvalue weighted by Gasteiger charge is -2.11. The van der Waals surface area contributed by atoms with Crippen molar-refractivity contribution in [2.45, 2.75) is 13.5 Å². The second kappa shape index (κ2) is 5.93. The second-order valence-electron chi connectivity index (χ2n) is 6.05. The first-order chi connectivity index (χ1) is 11.7. The third-order valence-electron chi connectivity index (χ3n) is 4.27. The Morgan fingerprint density at radius 2 is 1.83 bits per heavy atom. The van der Waals surface area contributed by atoms with E-state index in [1.54, 1.807) is 6.20 Å². The van der Waals surface area contributed by atoms with Crippen molar-refractivity contribution < 1.29 is 4.39 Å². The molecular formula is C21H17FN2. The van der Waals surface area contributed by atoms with E-state index in [-0.39, 0.29) is 5.82 Å². The van der Waals surface area contributed by atoms with E-state index < -0.39 is 0 Å². The molecule has 2 heterocycles. The number of fused-ring (bicyclic) bond motifs is 1. The van der Waals surface area contributed by atoms with E-state index in [1.807, 2.05) is 24.4 Å². The molecular weight excluding hydrogens is 299 g/mol. The van der Waals surface area contributed by atoms with Crippen LogP contribution in [0.1, 0.15) is 11.1 Å². The smallest absolute Gasteiger partial charge is 0.123 e. The minimum Gasteiger partial charge on any atom is -0.336 e. The first kappa shape index (κ1) is 14.6. The van der Waals surface area contributed by atoms with Crippen LogP contribution in [0.3, 0.4) is 0 Å². The van der Waals surface area contributed by atoms with E-state index in [4.69, 9.17) is 0 Å². The monoisotopic (exact) mass is 316 g/mol. The summed E-state index contributed by atoms with van der Waals surface area (Å²) >= 11 is 0. The van der Waals surface area contributed by atoms with Crippen molar-refractivity contribution in [1.82, 2.24) is 9.55 Å². The summed E-state index contributed by atoms with van der Waals surface area (Å²) in [7, 11) is 0. The van der Waals surface area contributed by atoms with Crippen molar-refractivity contribution >= 4 is 10.9 Å². The average molecular weight is 316 g/mol. The molecule has 3 heteroatoms. The van der Waals surface area contributed by atoms with Gasteiger partial charge in [-0.3, -0.25) is 4.98 Å². The van der Waals surface area contributed by atoms with Gasteiger partial charge in [0.2, 0.25) is 0 Å². The highest BCUT2D eigenvalue weighted by atomic mass is 19.1. The zero-order chi connectivity index (χ0) is 16.5. The number of nitrogens with zero attached hydrogens (tertiary/aromatic N) is 2. The van der Waals surface area contributed by atoms with E-state index in [1.165, 1.54) is 28.6 Å². The Morgan fingerprint density at radius 3 is 2.58 bits per heavy atom. The lowest BCUT2D eigenvalue weighted by molar-refractivity contribution is 0.626. The predicted octanol–water partition coefficient (Wildman–Crippen LogP) is 5.20. The molecule has 2 nitrogen and oxygen atoms in total. The average Bonchev–Trinajstić information content (AvgIpc) is 2.95. The number of pyridine rings is 1. The molecule has 0 atom stereocenters. The Balaban J connectivity index is 1.89. The molecule has 0 amide bonds. The first-order valence-corrected chi connectivity index (χ1v) is 7.95. The highest BCUT2D eigenvalue weighted by Crippen LogP contribution is 2.29. The van der Waals surface area contributed by atoms with Gasteiger partial charge in [0.15, 0.2) is 0 Å². The van der Waals surface area contributed by atoms with Gasteiger partial charge in [0.25, 0.3) is 0 Å². The SMILES string of the molecule is Cc1ccc2c(c1)cc(-c1cccnc1)n2Cc1ccc(F)cc1. The number of hydrogen-bond donors (Lipinski definition) is 0. The summed E-state index contributed by atoms with van der Waals surface area (Å²) < 4.78 is 15.5. The number of rotatable bonds is 3. The van der Waals surface area contributed by atoms with Gasteiger partial charge >= 0.3 is 0 Å². The topological polar surface area (TPSA) is 17.8 Å². The maximum atomic E-state index is 13.2. The molecule has 4 aromatic rings. The van der Waals surface area contributed by atoms with Crippen molar-refractivity contribution in [2.75, 3.05) is 0 Å². The molecule has 24 heavy (non-hydrogen) atoms. The quantitative estimate of drug-likeness (QED) is 0.508. The second-order valence-corrected chi connectivity index (χ2v) is 6.05. The highest BCUT2D eigenvalue weighted by molar-refractivity contribution is 5.87. The van der Waals surface area contributed by atoms with Crippen LogP contribution in [0.5, 0.6) is 0 Å². The minimum absolute atomic E-state index is 0.209. The van der Waals surface area contributed by atoms with Crippen molar-refractivity contribution in [3.05, 3.63) is 90.0 Å². The standard InChI is InChI=1S/C21H17FN2/c1-15-4-9-20-18(11-15)12-21(17-3-2-10-23-13-17)24(20)14-16-5-7-19(22)8-6-16/h2-13H,14H2,1H3. The van der Waals surface area contributed by atoms with Crippen LogP contribution in [-0.4, -0.2) is 9.55 Å². The van der Waals surface area contributed by atoms with Gasteiger partial charge in [0, 0.05) is 35.4 Å². The van der Waals surface area contributed by atoms with Gasteiger partial charge in [-0.2, -0.15) is 0 Å². The molecule has 0 unspecified atom stereocenters. The molecule has 0 fully saturated rings. The van der Waals surface area contributed by atoms with Crippen molar-refractivity contribution in [2.24, 2.45) is 0 Å². The Morgan fingerprint density at radius 1 is 1.00 bits per heavy atom. The molecule has 118 valence electrons. The Hall–Kier alpha value is -2.94. The summed E-state index contributed by atoms with van der Waals surface area (Å²) in [5, 5.41) is 1.20. The molecule has 0 radical (unpaired) electrons. The number of hydrogen-bond acceptors (Lipinski definition) is 1. The lowest BCUT2D eigenvalue weighted by Crippen LogP contribution is -2.02. The fraction of sp³-hybridized carbons (Fsp3) is 0.0952. The van der Waals surface area contributed by atoms with E-state index >= 15 is 0 Å². The van der Waals surface area contributed by atoms with Gasteiger partial charge in [-0.1, -0.05) is 23.8 Å². The van der Waals surface area contributed by atoms with Gasteiger partial charge < -0.3 is 4.57 Å². The van der Waals surface area contributed by atoms with Crippen LogP contribution in [0.25, 0.3) is 22.2 Å². The van der Waals surface area contributed by atoms with Gasteiger partial charge in [-0.05, 0) is 55.0 Å². The Kier molecular flexibility index (Phi) is 3.62. The first-order valence-electron chi connectivity index (χ1n) is 7.95. The van der Waals surface area contributed by atoms with Gasteiger partial charge in [0.1, 0.15) is 5.82 Å². The molecule has 0 N–H and O–H groups in total. The fourth-order valence-corrected chi connectivity index (χ4v) is 3.09. The summed E-state index contributed by atoms with van der Waals surface area (Å²) in [6.07, 6.45) is 3.66. The van der Waals surface area contributed by atoms with Crippen LogP contribution in [0.15, 0.2) is 73.1 Å². The fourth-order valence-electron chi connectivity index (χ4n) is 3.09. The molecule has 0 bridgehead atoms. The van der Waals surface area contributed by atoms with Crippen LogP contribution in [-0.2, 0) is 6.54 Å². The molecule has 0 aliphatic rings. The lowest BCUT2D eigenvalue weighted by atomic mass is 10.1. The van der Waals surface area contributed by atoms with Gasteiger partial charge in [-0.25, -0.2) is 4.39 Å². The molecule has 0 saturated heterocycles. The number of aryl methyl sites for hydroxylation is 1. The van der Waals surface area contributed by atoms with E-state index in [0.29, 0.717) is 6.54 Å². The third kappa shape index (κ3) is 2.69. The zero-order valence-electron chi connectivity index (χ0n) is 13.4. The number of aromatic nitrogens is 2. The largest absolute Gasteiger partial charge is 0.336 e. The molecule has 0 aliphatic heterocycles. The summed E-state index contributed by atoms with van der Waals surface area (Å²) in [5.74, 6) is -0.209. The van der Waals surface area contributed by atoms with Crippen LogP contribution in [0.2, 0.25) is 0 Å². The summed E-state index contributed by atoms with van der Waals surface area (Å²) in [5.41, 5.74) is 5.67. The van der Waals surface area contributed by atoms with Gasteiger partial charge in [-0.15, -0.1) is 0 Å². The highest BCUT2D eigenvalue weighted by Gasteiger charge is 2.11. The Labute approximate surface area is 140 Å². The summed E-state index contributed by atoms with van der Waals surface area (Å²) in [6.45, 7) is 2.79. The maximum Gasteiger partial charge on any atom is 0.123 e. The summed E-state index contributed by atoms with van der Waals surface area (Å²) in [6, 6.07) is 19.4. The van der Waals surface area contributed by atoms with Crippen LogP contribution < -0.4 is 0 Å². The van der Waals surface area contributed by atoms with E-state index in [9.17, 15) is 4.39 Å². The molecule has 0 saturated carbocycles. The Bertz CT molecular complexity index is 986. The van der Waals surface area contributed by atoms with Crippen LogP contribution in [0.4, 0.5) is 4.39 Å². The zero-order valence-corrected chi connectivity index (χ0v) is 13.4. The molecule has 0 spiro atoms. The minimum atomic E-state index is -0.209. The number of benzene rings is 2. The van der Waals surface area contributed by atoms with Crippen LogP contribution >= 0.6 is 0 Å². The molecule has 4 rings (SSSR count). The van der Waals surface area contributed by atoms with E-state index in [0.717, 1.165) is 16.8 Å². The molecule has 0 aliphatic carbocycles. The summed E-state index contributed by atoms with van der Waals surface area (Å²) in [4.78, 5) is 4.25. The third-order valence-corrected chi connectivity index (χ3v) is 4.27. The van der Waals surface area contributed by atoms with E-state index in [2.05, 4.69) is 46.8 Å².